The molecule has 248 valence electrons. The molecule has 0 aromatic rings. The number of hydrogen-bond acceptors (Lipinski definition) is 12. The number of ether oxygens (including phenoxy) is 4. The molecular formula is C19H23F11O12. The highest BCUT2D eigenvalue weighted by molar-refractivity contribution is 5.87. The molecule has 1 unspecified atom stereocenters. The number of carbonyl (C=O) groups is 1. The molecule has 7 N–H and O–H groups in total. The third kappa shape index (κ3) is 6.74. The number of carbonyl (C=O) groups excluding carboxylic acids is 1. The minimum Gasteiger partial charge on any atom is -0.394 e. The van der Waals surface area contributed by atoms with E-state index in [4.69, 9.17) is 14.2 Å². The van der Waals surface area contributed by atoms with Crippen molar-refractivity contribution in [1.29, 1.82) is 0 Å². The van der Waals surface area contributed by atoms with Crippen LogP contribution in [0.2, 0.25) is 0 Å². The molecule has 0 spiro atoms. The van der Waals surface area contributed by atoms with Crippen LogP contribution in [-0.4, -0.2) is 146 Å². The van der Waals surface area contributed by atoms with Crippen molar-refractivity contribution < 1.29 is 108 Å². The van der Waals surface area contributed by atoms with E-state index < -0.39 is 117 Å². The van der Waals surface area contributed by atoms with E-state index in [0.29, 0.717) is 0 Å². The normalized spacial score (nSPS) is 36.9. The Hall–Kier alpha value is -1.54. The second-order valence-corrected chi connectivity index (χ2v) is 9.09. The van der Waals surface area contributed by atoms with Crippen LogP contribution < -0.4 is 0 Å². The van der Waals surface area contributed by atoms with Crippen molar-refractivity contribution in [3.63, 3.8) is 0 Å². The maximum absolute atomic E-state index is 14.6. The van der Waals surface area contributed by atoms with Gasteiger partial charge >= 0.3 is 30.2 Å². The van der Waals surface area contributed by atoms with E-state index in [1.54, 1.807) is 0 Å². The van der Waals surface area contributed by atoms with Gasteiger partial charge in [0.1, 0.15) is 48.8 Å². The predicted octanol–water partition coefficient (Wildman–Crippen LogP) is -1.35. The summed E-state index contributed by atoms with van der Waals surface area (Å²) >= 11 is 0. The third-order valence-corrected chi connectivity index (χ3v) is 6.20. The summed E-state index contributed by atoms with van der Waals surface area (Å²) in [6.45, 7) is -2.33. The van der Waals surface area contributed by atoms with E-state index in [0.717, 1.165) is 0 Å². The van der Waals surface area contributed by atoms with E-state index >= 15 is 0 Å². The summed E-state index contributed by atoms with van der Waals surface area (Å²) in [5, 5.41) is 68.9. The second kappa shape index (κ2) is 12.5. The lowest BCUT2D eigenvalue weighted by Crippen LogP contribution is -2.65. The molecular weight excluding hydrogens is 629 g/mol. The van der Waals surface area contributed by atoms with Crippen molar-refractivity contribution in [2.45, 2.75) is 97.9 Å². The SMILES string of the molecule is O=C(C[C@@H]1O[C@H](CO)[C@@H](O[C@@H]2O[C@H](CO)[C@@H](O)[C@H](O)[C@H]2O)[C@H](O)[C@H]1O)C(F)(OC(F)(F)C(F)(F)C(F)(F)F)C(F)(F)F. The zero-order valence-corrected chi connectivity index (χ0v) is 20.2. The van der Waals surface area contributed by atoms with Crippen molar-refractivity contribution in [1.82, 2.24) is 0 Å². The molecule has 0 bridgehead atoms. The maximum Gasteiger partial charge on any atom is 0.462 e. The molecule has 2 saturated heterocycles. The quantitative estimate of drug-likeness (QED) is 0.137. The zero-order valence-electron chi connectivity index (χ0n) is 20.2. The Morgan fingerprint density at radius 3 is 1.60 bits per heavy atom. The zero-order chi connectivity index (χ0) is 32.8. The average molecular weight is 652 g/mol. The van der Waals surface area contributed by atoms with Crippen LogP contribution in [0.5, 0.6) is 0 Å². The molecule has 0 saturated carbocycles. The fraction of sp³-hybridized carbons (Fsp3) is 0.947. The van der Waals surface area contributed by atoms with Gasteiger partial charge in [-0.1, -0.05) is 0 Å². The van der Waals surface area contributed by atoms with Gasteiger partial charge in [-0.05, 0) is 0 Å². The first-order chi connectivity index (χ1) is 18.9. The lowest BCUT2D eigenvalue weighted by atomic mass is 9.90. The molecule has 0 aliphatic carbocycles. The largest absolute Gasteiger partial charge is 0.462 e. The van der Waals surface area contributed by atoms with Crippen LogP contribution in [-0.2, 0) is 23.7 Å². The van der Waals surface area contributed by atoms with E-state index in [-0.39, 0.29) is 0 Å². The molecule has 2 heterocycles. The summed E-state index contributed by atoms with van der Waals surface area (Å²) < 4.78 is 161. The molecule has 0 radical (unpaired) electrons. The van der Waals surface area contributed by atoms with Gasteiger partial charge in [-0.3, -0.25) is 9.53 Å². The Kier molecular flexibility index (Phi) is 10.9. The molecule has 2 aliphatic heterocycles. The lowest BCUT2D eigenvalue weighted by Gasteiger charge is -2.46. The van der Waals surface area contributed by atoms with E-state index in [9.17, 15) is 88.8 Å². The smallest absolute Gasteiger partial charge is 0.394 e. The van der Waals surface area contributed by atoms with Crippen molar-refractivity contribution in [2.24, 2.45) is 0 Å². The van der Waals surface area contributed by atoms with Crippen molar-refractivity contribution in [3.8, 4) is 0 Å². The van der Waals surface area contributed by atoms with Crippen LogP contribution >= 0.6 is 0 Å². The van der Waals surface area contributed by atoms with Crippen LogP contribution in [0.25, 0.3) is 0 Å². The molecule has 0 aromatic carbocycles. The standard InChI is InChI=1S/C19H23F11O12/c20-15(17(23,24)25,42-19(29,30)16(21,22)18(26,27)28)7(33)1-4-8(34)11(37)13(6(3-32)39-4)41-14-12(38)10(36)9(35)5(2-31)40-14/h4-6,8-14,31-32,34-38H,1-3H2/t4-,5+,6+,8-,9+,10-,11+,12+,13+,14-,15?/m0/s1. The Morgan fingerprint density at radius 2 is 1.14 bits per heavy atom. The van der Waals surface area contributed by atoms with Gasteiger partial charge in [-0.25, -0.2) is 0 Å². The van der Waals surface area contributed by atoms with Crippen LogP contribution in [0.3, 0.4) is 0 Å². The summed E-state index contributed by atoms with van der Waals surface area (Å²) in [4.78, 5) is 12.1. The highest BCUT2D eigenvalue weighted by Crippen LogP contribution is 2.51. The predicted molar refractivity (Wildman–Crippen MR) is 103 cm³/mol. The molecule has 2 fully saturated rings. The first-order valence-corrected chi connectivity index (χ1v) is 11.3. The first-order valence-electron chi connectivity index (χ1n) is 11.3. The molecule has 0 aromatic heterocycles. The number of Topliss-reactive ketones (excluding diaryl/α,β-unsaturated/α-hetero) is 1. The van der Waals surface area contributed by atoms with Gasteiger partial charge in [0.05, 0.1) is 19.3 Å². The van der Waals surface area contributed by atoms with E-state index in [1.165, 1.54) is 0 Å². The van der Waals surface area contributed by atoms with Gasteiger partial charge in [0.2, 0.25) is 5.78 Å². The summed E-state index contributed by atoms with van der Waals surface area (Å²) in [7, 11) is 0. The molecule has 11 atom stereocenters. The van der Waals surface area contributed by atoms with Crippen LogP contribution in [0.1, 0.15) is 6.42 Å². The first kappa shape index (κ1) is 36.7. The number of ketones is 1. The summed E-state index contributed by atoms with van der Waals surface area (Å²) in [6.07, 6.45) is -45.8. The molecule has 2 aliphatic rings. The summed E-state index contributed by atoms with van der Waals surface area (Å²) in [6, 6.07) is 0. The number of aliphatic hydroxyl groups is 7. The molecule has 23 heteroatoms. The molecule has 42 heavy (non-hydrogen) atoms. The lowest BCUT2D eigenvalue weighted by molar-refractivity contribution is -0.472. The molecule has 0 amide bonds. The molecule has 12 nitrogen and oxygen atoms in total. The Morgan fingerprint density at radius 1 is 0.643 bits per heavy atom. The Labute approximate surface area is 225 Å². The van der Waals surface area contributed by atoms with Crippen LogP contribution in [0.4, 0.5) is 48.3 Å². The summed E-state index contributed by atoms with van der Waals surface area (Å²) in [5.41, 5.74) is 0. The number of halogens is 11. The van der Waals surface area contributed by atoms with Gasteiger partial charge in [0, 0.05) is 6.42 Å². The fourth-order valence-electron chi connectivity index (χ4n) is 3.83. The van der Waals surface area contributed by atoms with Crippen molar-refractivity contribution in [3.05, 3.63) is 0 Å². The van der Waals surface area contributed by atoms with Gasteiger partial charge in [-0.2, -0.15) is 48.3 Å². The van der Waals surface area contributed by atoms with Gasteiger partial charge < -0.3 is 50.0 Å². The minimum atomic E-state index is -7.45. The maximum atomic E-state index is 14.6. The number of alkyl halides is 11. The topological polar surface area (TPSA) is 196 Å². The van der Waals surface area contributed by atoms with E-state index in [1.807, 2.05) is 0 Å². The number of rotatable bonds is 10. The average Bonchev–Trinajstić information content (AvgIpc) is 2.86. The minimum absolute atomic E-state index is 0.981. The number of hydrogen-bond donors (Lipinski definition) is 7. The van der Waals surface area contributed by atoms with Gasteiger partial charge in [-0.15, -0.1) is 0 Å². The highest BCUT2D eigenvalue weighted by Gasteiger charge is 2.79. The molecule has 2 rings (SSSR count). The Balaban J connectivity index is 2.29. The fourth-order valence-corrected chi connectivity index (χ4v) is 3.83. The van der Waals surface area contributed by atoms with Crippen LogP contribution in [0, 0.1) is 0 Å². The Bertz CT molecular complexity index is 933. The summed E-state index contributed by atoms with van der Waals surface area (Å²) in [5.74, 6) is -17.4. The van der Waals surface area contributed by atoms with Gasteiger partial charge in [0.25, 0.3) is 0 Å². The van der Waals surface area contributed by atoms with Crippen LogP contribution in [0.15, 0.2) is 0 Å². The second-order valence-electron chi connectivity index (χ2n) is 9.09. The highest BCUT2D eigenvalue weighted by atomic mass is 19.4. The van der Waals surface area contributed by atoms with Crippen molar-refractivity contribution in [2.75, 3.05) is 13.2 Å². The van der Waals surface area contributed by atoms with Gasteiger partial charge in [0.15, 0.2) is 6.29 Å². The van der Waals surface area contributed by atoms with E-state index in [2.05, 4.69) is 4.74 Å². The number of aliphatic hydroxyl groups excluding tert-OH is 7. The monoisotopic (exact) mass is 652 g/mol. The van der Waals surface area contributed by atoms with Crippen molar-refractivity contribution >= 4 is 5.78 Å². The third-order valence-electron chi connectivity index (χ3n) is 6.20.